The first kappa shape index (κ1) is 25.1. The molecule has 0 N–H and O–H groups in total. The van der Waals surface area contributed by atoms with E-state index in [1.54, 1.807) is 0 Å². The van der Waals surface area contributed by atoms with Crippen LogP contribution < -0.4 is 0 Å². The molecule has 0 spiro atoms. The Morgan fingerprint density at radius 1 is 0.391 bits per heavy atom. The zero-order valence-corrected chi connectivity index (χ0v) is 24.8. The van der Waals surface area contributed by atoms with Crippen LogP contribution in [0.1, 0.15) is 0 Å². The molecule has 0 aliphatic heterocycles. The van der Waals surface area contributed by atoms with E-state index in [4.69, 9.17) is 9.97 Å². The summed E-state index contributed by atoms with van der Waals surface area (Å²) in [6, 6.07) is 55.9. The van der Waals surface area contributed by atoms with Gasteiger partial charge < -0.3 is 4.57 Å². The van der Waals surface area contributed by atoms with Crippen LogP contribution in [0.25, 0.3) is 88.2 Å². The van der Waals surface area contributed by atoms with Gasteiger partial charge in [-0.3, -0.25) is 4.57 Å². The van der Waals surface area contributed by atoms with Gasteiger partial charge in [0.2, 0.25) is 5.95 Å². The molecule has 7 aromatic carbocycles. The average Bonchev–Trinajstić information content (AvgIpc) is 3.63. The number of benzene rings is 7. The SMILES string of the molecule is c1ccc(-n2c3ccccc3c3cccc(-c4nc(-n5c6ccccc6c6cc7ccccc7cc65)nc5ccccc45)c32)cc1. The van der Waals surface area contributed by atoms with Gasteiger partial charge in [-0.05, 0) is 53.2 Å². The Bertz CT molecular complexity index is 2810. The molecule has 0 bridgehead atoms. The molecule has 0 aliphatic rings. The van der Waals surface area contributed by atoms with E-state index in [1.807, 2.05) is 0 Å². The highest BCUT2D eigenvalue weighted by Gasteiger charge is 2.21. The Hall–Kier alpha value is -6.26. The van der Waals surface area contributed by atoms with E-state index >= 15 is 0 Å². The quantitative estimate of drug-likeness (QED) is 0.206. The lowest BCUT2D eigenvalue weighted by atomic mass is 10.0. The molecule has 0 unspecified atom stereocenters. The summed E-state index contributed by atoms with van der Waals surface area (Å²) in [4.78, 5) is 10.7. The smallest absolute Gasteiger partial charge is 0.235 e. The van der Waals surface area contributed by atoms with Crippen LogP contribution in [0.15, 0.2) is 158 Å². The van der Waals surface area contributed by atoms with Crippen molar-refractivity contribution in [2.45, 2.75) is 0 Å². The van der Waals surface area contributed by atoms with Gasteiger partial charge in [0.15, 0.2) is 0 Å². The summed E-state index contributed by atoms with van der Waals surface area (Å²) < 4.78 is 4.61. The standard InChI is InChI=1S/C42H26N4/c1-2-15-29(16-3-1)45-37-23-10-7-17-30(37)32-20-12-21-34(41(32)45)40-33-19-6-9-22-36(33)43-42(44-40)46-38-24-11-8-18-31(38)35-25-27-13-4-5-14-28(27)26-39(35)46/h1-26H. The fraction of sp³-hybridized carbons (Fsp3) is 0. The zero-order chi connectivity index (χ0) is 30.2. The molecule has 0 radical (unpaired) electrons. The van der Waals surface area contributed by atoms with Crippen molar-refractivity contribution in [1.29, 1.82) is 0 Å². The summed E-state index contributed by atoms with van der Waals surface area (Å²) in [7, 11) is 0. The molecular weight excluding hydrogens is 560 g/mol. The maximum atomic E-state index is 5.49. The van der Waals surface area contributed by atoms with E-state index in [-0.39, 0.29) is 0 Å². The molecule has 10 aromatic rings. The maximum absolute atomic E-state index is 5.49. The fourth-order valence-corrected chi connectivity index (χ4v) is 7.30. The van der Waals surface area contributed by atoms with Crippen LogP contribution in [-0.4, -0.2) is 19.1 Å². The molecule has 0 saturated heterocycles. The lowest BCUT2D eigenvalue weighted by Crippen LogP contribution is -2.04. The minimum Gasteiger partial charge on any atom is -0.309 e. The normalized spacial score (nSPS) is 11.9. The van der Waals surface area contributed by atoms with E-state index in [0.29, 0.717) is 5.95 Å². The second-order valence-electron chi connectivity index (χ2n) is 11.8. The Labute approximate surface area is 264 Å². The highest BCUT2D eigenvalue weighted by atomic mass is 15.2. The minimum atomic E-state index is 0.662. The minimum absolute atomic E-state index is 0.662. The molecule has 214 valence electrons. The van der Waals surface area contributed by atoms with Crippen molar-refractivity contribution >= 4 is 65.3 Å². The van der Waals surface area contributed by atoms with Gasteiger partial charge in [-0.1, -0.05) is 115 Å². The molecule has 0 aliphatic carbocycles. The molecule has 10 rings (SSSR count). The third-order valence-corrected chi connectivity index (χ3v) is 9.30. The van der Waals surface area contributed by atoms with Crippen molar-refractivity contribution in [2.75, 3.05) is 0 Å². The van der Waals surface area contributed by atoms with Gasteiger partial charge in [-0.25, -0.2) is 9.97 Å². The third-order valence-electron chi connectivity index (χ3n) is 9.30. The van der Waals surface area contributed by atoms with E-state index in [9.17, 15) is 0 Å². The molecule has 0 atom stereocenters. The fourth-order valence-electron chi connectivity index (χ4n) is 7.30. The number of para-hydroxylation sites is 5. The molecule has 46 heavy (non-hydrogen) atoms. The van der Waals surface area contributed by atoms with E-state index in [0.717, 1.165) is 44.4 Å². The summed E-state index contributed by atoms with van der Waals surface area (Å²) in [6.07, 6.45) is 0. The predicted octanol–water partition coefficient (Wildman–Crippen LogP) is 10.6. The summed E-state index contributed by atoms with van der Waals surface area (Å²) in [5, 5.41) is 8.23. The highest BCUT2D eigenvalue weighted by Crippen LogP contribution is 2.40. The molecule has 0 amide bonds. The number of rotatable bonds is 3. The van der Waals surface area contributed by atoms with Crippen molar-refractivity contribution in [2.24, 2.45) is 0 Å². The van der Waals surface area contributed by atoms with Gasteiger partial charge in [0, 0.05) is 38.2 Å². The van der Waals surface area contributed by atoms with Crippen molar-refractivity contribution in [1.82, 2.24) is 19.1 Å². The largest absolute Gasteiger partial charge is 0.309 e. The summed E-state index contributed by atoms with van der Waals surface area (Å²) in [6.45, 7) is 0. The van der Waals surface area contributed by atoms with Crippen LogP contribution in [0.3, 0.4) is 0 Å². The monoisotopic (exact) mass is 586 g/mol. The van der Waals surface area contributed by atoms with E-state index < -0.39 is 0 Å². The predicted molar refractivity (Wildman–Crippen MR) is 191 cm³/mol. The van der Waals surface area contributed by atoms with Crippen LogP contribution in [-0.2, 0) is 0 Å². The lowest BCUT2D eigenvalue weighted by Gasteiger charge is -2.14. The Balaban J connectivity index is 1.35. The number of nitrogens with zero attached hydrogens (tertiary/aromatic N) is 4. The molecule has 4 nitrogen and oxygen atoms in total. The second kappa shape index (κ2) is 9.62. The molecule has 3 heterocycles. The first-order valence-electron chi connectivity index (χ1n) is 15.6. The number of fused-ring (bicyclic) bond motifs is 8. The first-order chi connectivity index (χ1) is 22.8. The van der Waals surface area contributed by atoms with E-state index in [2.05, 4.69) is 167 Å². The van der Waals surface area contributed by atoms with Gasteiger partial charge in [-0.15, -0.1) is 0 Å². The number of aromatic nitrogens is 4. The van der Waals surface area contributed by atoms with Crippen molar-refractivity contribution in [3.8, 4) is 22.9 Å². The Kier molecular flexibility index (Phi) is 5.25. The van der Waals surface area contributed by atoms with Crippen molar-refractivity contribution < 1.29 is 0 Å². The zero-order valence-electron chi connectivity index (χ0n) is 24.8. The summed E-state index contributed by atoms with van der Waals surface area (Å²) >= 11 is 0. The van der Waals surface area contributed by atoms with Crippen molar-refractivity contribution in [3.05, 3.63) is 158 Å². The lowest BCUT2D eigenvalue weighted by molar-refractivity contribution is 1.01. The molecule has 0 fully saturated rings. The Morgan fingerprint density at radius 2 is 1.00 bits per heavy atom. The highest BCUT2D eigenvalue weighted by molar-refractivity contribution is 6.16. The van der Waals surface area contributed by atoms with Gasteiger partial charge in [-0.2, -0.15) is 0 Å². The molecule has 3 aromatic heterocycles. The number of hydrogen-bond acceptors (Lipinski definition) is 2. The van der Waals surface area contributed by atoms with E-state index in [1.165, 1.54) is 37.8 Å². The molecule has 0 saturated carbocycles. The van der Waals surface area contributed by atoms with Crippen molar-refractivity contribution in [3.63, 3.8) is 0 Å². The first-order valence-corrected chi connectivity index (χ1v) is 15.6. The molecule has 4 heteroatoms. The summed E-state index contributed by atoms with van der Waals surface area (Å²) in [5.74, 6) is 0.662. The second-order valence-corrected chi connectivity index (χ2v) is 11.8. The third kappa shape index (κ3) is 3.55. The maximum Gasteiger partial charge on any atom is 0.235 e. The van der Waals surface area contributed by atoms with Gasteiger partial charge in [0.25, 0.3) is 0 Å². The van der Waals surface area contributed by atoms with Crippen LogP contribution >= 0.6 is 0 Å². The van der Waals surface area contributed by atoms with Gasteiger partial charge in [0.05, 0.1) is 33.3 Å². The molecular formula is C42H26N4. The Morgan fingerprint density at radius 3 is 1.80 bits per heavy atom. The topological polar surface area (TPSA) is 35.6 Å². The summed E-state index contributed by atoms with van der Waals surface area (Å²) in [5.41, 5.74) is 8.51. The average molecular weight is 587 g/mol. The number of hydrogen-bond donors (Lipinski definition) is 0. The van der Waals surface area contributed by atoms with Crippen LogP contribution in [0.4, 0.5) is 0 Å². The van der Waals surface area contributed by atoms with Crippen LogP contribution in [0.5, 0.6) is 0 Å². The van der Waals surface area contributed by atoms with Gasteiger partial charge in [0.1, 0.15) is 0 Å². The van der Waals surface area contributed by atoms with Gasteiger partial charge >= 0.3 is 0 Å². The van der Waals surface area contributed by atoms with Crippen LogP contribution in [0, 0.1) is 0 Å². The van der Waals surface area contributed by atoms with Crippen LogP contribution in [0.2, 0.25) is 0 Å².